The van der Waals surface area contributed by atoms with Crippen molar-refractivity contribution in [1.82, 2.24) is 9.55 Å². The van der Waals surface area contributed by atoms with Crippen LogP contribution >= 0.6 is 0 Å². The van der Waals surface area contributed by atoms with Crippen molar-refractivity contribution in [3.8, 4) is 0 Å². The van der Waals surface area contributed by atoms with Crippen LogP contribution in [0.1, 0.15) is 23.6 Å². The summed E-state index contributed by atoms with van der Waals surface area (Å²) >= 11 is 0. The summed E-state index contributed by atoms with van der Waals surface area (Å²) in [6.07, 6.45) is 2.74. The van der Waals surface area contributed by atoms with Crippen LogP contribution in [0.2, 0.25) is 0 Å². The Labute approximate surface area is 80.1 Å². The third-order valence-electron chi connectivity index (χ3n) is 1.82. The number of methoxy groups -OCH3 is 1. The van der Waals surface area contributed by atoms with Gasteiger partial charge in [-0.3, -0.25) is 0 Å². The van der Waals surface area contributed by atoms with Crippen molar-refractivity contribution in [1.29, 1.82) is 0 Å². The summed E-state index contributed by atoms with van der Waals surface area (Å²) in [7, 11) is 1.25. The molecule has 0 bridgehead atoms. The molecule has 0 amide bonds. The number of nitrogens with zero attached hydrogens (tertiary/aromatic N) is 2. The third kappa shape index (κ3) is 1.73. The first kappa shape index (κ1) is 10.2. The van der Waals surface area contributed by atoms with Crippen molar-refractivity contribution in [3.63, 3.8) is 0 Å². The van der Waals surface area contributed by atoms with Crippen LogP contribution in [0.25, 0.3) is 0 Å². The first-order valence-electron chi connectivity index (χ1n) is 3.92. The topological polar surface area (TPSA) is 81.4 Å². The molecule has 1 heterocycles. The second-order valence-electron chi connectivity index (χ2n) is 2.66. The van der Waals surface area contributed by atoms with Gasteiger partial charge in [0.1, 0.15) is 6.04 Å². The Kier molecular flexibility index (Phi) is 2.85. The molecule has 1 unspecified atom stereocenters. The predicted octanol–water partition coefficient (Wildman–Crippen LogP) is 0.315. The van der Waals surface area contributed by atoms with E-state index in [2.05, 4.69) is 9.72 Å². The summed E-state index contributed by atoms with van der Waals surface area (Å²) < 4.78 is 5.73. The summed E-state index contributed by atoms with van der Waals surface area (Å²) in [5.74, 6) is -1.86. The summed E-state index contributed by atoms with van der Waals surface area (Å²) in [5, 5.41) is 8.72. The van der Waals surface area contributed by atoms with E-state index in [0.717, 1.165) is 0 Å². The van der Waals surface area contributed by atoms with Gasteiger partial charge in [0.25, 0.3) is 0 Å². The van der Waals surface area contributed by atoms with E-state index in [1.54, 1.807) is 6.92 Å². The zero-order valence-electron chi connectivity index (χ0n) is 7.80. The number of rotatable bonds is 3. The van der Waals surface area contributed by atoms with Crippen LogP contribution in [0.4, 0.5) is 0 Å². The Morgan fingerprint density at radius 3 is 2.79 bits per heavy atom. The number of imidazole rings is 1. The molecule has 1 aromatic rings. The normalized spacial score (nSPS) is 12.1. The Bertz CT molecular complexity index is 358. The summed E-state index contributed by atoms with van der Waals surface area (Å²) in [5.41, 5.74) is 0. The van der Waals surface area contributed by atoms with Crippen molar-refractivity contribution >= 4 is 11.9 Å². The molecular weight excluding hydrogens is 188 g/mol. The van der Waals surface area contributed by atoms with Gasteiger partial charge in [-0.25, -0.2) is 14.6 Å². The number of hydrogen-bond acceptors (Lipinski definition) is 4. The molecule has 1 rings (SSSR count). The highest BCUT2D eigenvalue weighted by Crippen LogP contribution is 2.10. The number of aromatic nitrogens is 2. The Morgan fingerprint density at radius 2 is 2.29 bits per heavy atom. The van der Waals surface area contributed by atoms with E-state index in [4.69, 9.17) is 5.11 Å². The van der Waals surface area contributed by atoms with Crippen LogP contribution in [0.3, 0.4) is 0 Å². The van der Waals surface area contributed by atoms with Crippen molar-refractivity contribution in [2.24, 2.45) is 0 Å². The highest BCUT2D eigenvalue weighted by molar-refractivity contribution is 5.84. The molecule has 0 saturated heterocycles. The maximum Gasteiger partial charge on any atom is 0.372 e. The summed E-state index contributed by atoms with van der Waals surface area (Å²) in [6, 6.07) is -0.686. The molecule has 0 aromatic carbocycles. The van der Waals surface area contributed by atoms with E-state index < -0.39 is 18.0 Å². The smallest absolute Gasteiger partial charge is 0.372 e. The van der Waals surface area contributed by atoms with Gasteiger partial charge in [0.2, 0.25) is 5.82 Å². The standard InChI is InChI=1S/C8H10N2O4/c1-5(8(13)14-2)10-4-3-9-6(10)7(11)12/h3-5H,1-2H3,(H,11,12). The van der Waals surface area contributed by atoms with Gasteiger partial charge in [-0.05, 0) is 6.92 Å². The maximum atomic E-state index is 11.1. The van der Waals surface area contributed by atoms with Crippen LogP contribution in [-0.2, 0) is 9.53 Å². The molecule has 76 valence electrons. The number of carbonyl (C=O) groups is 2. The molecule has 6 heteroatoms. The molecule has 14 heavy (non-hydrogen) atoms. The van der Waals surface area contributed by atoms with E-state index >= 15 is 0 Å². The molecule has 0 aliphatic rings. The second kappa shape index (κ2) is 3.91. The zero-order chi connectivity index (χ0) is 10.7. The Balaban J connectivity index is 3.00. The van der Waals surface area contributed by atoms with E-state index in [0.29, 0.717) is 0 Å². The lowest BCUT2D eigenvalue weighted by molar-refractivity contribution is -0.144. The lowest BCUT2D eigenvalue weighted by Crippen LogP contribution is -2.21. The molecule has 1 aromatic heterocycles. The largest absolute Gasteiger partial charge is 0.475 e. The highest BCUT2D eigenvalue weighted by Gasteiger charge is 2.21. The van der Waals surface area contributed by atoms with Gasteiger partial charge in [0.05, 0.1) is 7.11 Å². The van der Waals surface area contributed by atoms with Crippen LogP contribution in [0, 0.1) is 0 Å². The summed E-state index contributed by atoms with van der Waals surface area (Å²) in [6.45, 7) is 1.54. The third-order valence-corrected chi connectivity index (χ3v) is 1.82. The maximum absolute atomic E-state index is 11.1. The van der Waals surface area contributed by atoms with Crippen molar-refractivity contribution in [2.45, 2.75) is 13.0 Å². The second-order valence-corrected chi connectivity index (χ2v) is 2.66. The first-order valence-corrected chi connectivity index (χ1v) is 3.92. The fourth-order valence-corrected chi connectivity index (χ4v) is 1.08. The molecule has 0 aliphatic heterocycles. The lowest BCUT2D eigenvalue weighted by atomic mass is 10.3. The summed E-state index contributed by atoms with van der Waals surface area (Å²) in [4.78, 5) is 25.4. The van der Waals surface area contributed by atoms with Gasteiger partial charge in [-0.2, -0.15) is 0 Å². The minimum absolute atomic E-state index is 0.178. The fraction of sp³-hybridized carbons (Fsp3) is 0.375. The molecule has 0 aliphatic carbocycles. The number of aromatic carboxylic acids is 1. The van der Waals surface area contributed by atoms with Gasteiger partial charge in [-0.15, -0.1) is 0 Å². The highest BCUT2D eigenvalue weighted by atomic mass is 16.5. The number of carboxylic acid groups (broad SMARTS) is 1. The molecule has 6 nitrogen and oxygen atoms in total. The van der Waals surface area contributed by atoms with Crippen molar-refractivity contribution < 1.29 is 19.4 Å². The van der Waals surface area contributed by atoms with E-state index in [1.165, 1.54) is 24.1 Å². The number of esters is 1. The van der Waals surface area contributed by atoms with Gasteiger partial charge in [0, 0.05) is 12.4 Å². The average Bonchev–Trinajstić information content (AvgIpc) is 2.63. The number of ether oxygens (including phenoxy) is 1. The molecule has 1 N–H and O–H groups in total. The average molecular weight is 198 g/mol. The minimum Gasteiger partial charge on any atom is -0.475 e. The molecule has 0 spiro atoms. The zero-order valence-corrected chi connectivity index (χ0v) is 7.80. The van der Waals surface area contributed by atoms with E-state index in [1.807, 2.05) is 0 Å². The van der Waals surface area contributed by atoms with Crippen LogP contribution in [-0.4, -0.2) is 33.7 Å². The van der Waals surface area contributed by atoms with Crippen LogP contribution < -0.4 is 0 Å². The lowest BCUT2D eigenvalue weighted by Gasteiger charge is -2.11. The van der Waals surface area contributed by atoms with Gasteiger partial charge in [0.15, 0.2) is 0 Å². The van der Waals surface area contributed by atoms with Crippen LogP contribution in [0.5, 0.6) is 0 Å². The van der Waals surface area contributed by atoms with Gasteiger partial charge in [-0.1, -0.05) is 0 Å². The fourth-order valence-electron chi connectivity index (χ4n) is 1.08. The Morgan fingerprint density at radius 1 is 1.64 bits per heavy atom. The van der Waals surface area contributed by atoms with E-state index in [-0.39, 0.29) is 5.82 Å². The van der Waals surface area contributed by atoms with Gasteiger partial charge < -0.3 is 14.4 Å². The van der Waals surface area contributed by atoms with Crippen LogP contribution in [0.15, 0.2) is 12.4 Å². The molecule has 0 saturated carbocycles. The molecular formula is C8H10N2O4. The monoisotopic (exact) mass is 198 g/mol. The van der Waals surface area contributed by atoms with Crippen molar-refractivity contribution in [2.75, 3.05) is 7.11 Å². The first-order chi connectivity index (χ1) is 6.57. The molecule has 0 radical (unpaired) electrons. The quantitative estimate of drug-likeness (QED) is 0.707. The number of hydrogen-bond donors (Lipinski definition) is 1. The molecule has 0 fully saturated rings. The minimum atomic E-state index is -1.18. The predicted molar refractivity (Wildman–Crippen MR) is 45.9 cm³/mol. The Hall–Kier alpha value is -1.85. The SMILES string of the molecule is COC(=O)C(C)n1ccnc1C(=O)O. The number of carboxylic acids is 1. The number of carbonyl (C=O) groups excluding carboxylic acids is 1. The van der Waals surface area contributed by atoms with Gasteiger partial charge >= 0.3 is 11.9 Å². The van der Waals surface area contributed by atoms with E-state index in [9.17, 15) is 9.59 Å². The molecule has 1 atom stereocenters. The van der Waals surface area contributed by atoms with Crippen molar-refractivity contribution in [3.05, 3.63) is 18.2 Å².